The summed E-state index contributed by atoms with van der Waals surface area (Å²) in [5.41, 5.74) is 0.971. The minimum Gasteiger partial charge on any atom is -0.353 e. The van der Waals surface area contributed by atoms with Crippen molar-refractivity contribution >= 4 is 29.0 Å². The van der Waals surface area contributed by atoms with E-state index in [0.717, 1.165) is 23.8 Å². The summed E-state index contributed by atoms with van der Waals surface area (Å²) in [4.78, 5) is 6.76. The van der Waals surface area contributed by atoms with Crippen molar-refractivity contribution in [3.8, 4) is 0 Å². The lowest BCUT2D eigenvalue weighted by molar-refractivity contribution is 0.376. The molecule has 0 saturated carbocycles. The van der Waals surface area contributed by atoms with Crippen molar-refractivity contribution in [1.82, 2.24) is 4.98 Å². The van der Waals surface area contributed by atoms with Gasteiger partial charge in [0.25, 0.3) is 0 Å². The van der Waals surface area contributed by atoms with Crippen molar-refractivity contribution in [3.05, 3.63) is 22.8 Å². The molecular weight excluding hydrogens is 255 g/mol. The molecule has 1 aromatic rings. The first-order valence-corrected chi connectivity index (χ1v) is 7.00. The van der Waals surface area contributed by atoms with Gasteiger partial charge >= 0.3 is 0 Å². The highest BCUT2D eigenvalue weighted by atomic mass is 35.5. The van der Waals surface area contributed by atoms with Crippen LogP contribution in [0.3, 0.4) is 0 Å². The third-order valence-corrected chi connectivity index (χ3v) is 4.03. The molecule has 0 aromatic carbocycles. The van der Waals surface area contributed by atoms with Crippen LogP contribution in [0.2, 0.25) is 5.02 Å². The molecule has 1 saturated heterocycles. The summed E-state index contributed by atoms with van der Waals surface area (Å²) in [5, 5.41) is 0.713. The molecule has 4 heteroatoms. The van der Waals surface area contributed by atoms with E-state index in [9.17, 15) is 0 Å². The van der Waals surface area contributed by atoms with E-state index in [0.29, 0.717) is 16.9 Å². The molecule has 2 unspecified atom stereocenters. The predicted molar refractivity (Wildman–Crippen MR) is 74.0 cm³/mol. The molecule has 2 nitrogen and oxygen atoms in total. The summed E-state index contributed by atoms with van der Waals surface area (Å²) in [7, 11) is 0. The molecule has 0 aliphatic carbocycles. The van der Waals surface area contributed by atoms with Gasteiger partial charge < -0.3 is 4.90 Å². The average Bonchev–Trinajstić information content (AvgIpc) is 2.30. The van der Waals surface area contributed by atoms with E-state index in [4.69, 9.17) is 23.2 Å². The SMILES string of the molecule is CC1CCN(c2ncc(CCl)cc2Cl)C(C)C1. The van der Waals surface area contributed by atoms with Gasteiger partial charge in [0.1, 0.15) is 5.82 Å². The van der Waals surface area contributed by atoms with Gasteiger partial charge in [-0.05, 0) is 37.3 Å². The Morgan fingerprint density at radius 1 is 1.47 bits per heavy atom. The number of anilines is 1. The van der Waals surface area contributed by atoms with Crippen LogP contribution in [0, 0.1) is 5.92 Å². The molecule has 2 heterocycles. The highest BCUT2D eigenvalue weighted by Crippen LogP contribution is 2.31. The van der Waals surface area contributed by atoms with Crippen LogP contribution < -0.4 is 4.90 Å². The fraction of sp³-hybridized carbons (Fsp3) is 0.615. The Kier molecular flexibility index (Phi) is 4.16. The molecule has 1 aromatic heterocycles. The summed E-state index contributed by atoms with van der Waals surface area (Å²) in [6.07, 6.45) is 4.23. The first kappa shape index (κ1) is 13.0. The molecule has 1 aliphatic rings. The Morgan fingerprint density at radius 3 is 2.82 bits per heavy atom. The molecule has 0 bridgehead atoms. The molecule has 0 radical (unpaired) electrons. The third-order valence-electron chi connectivity index (χ3n) is 3.44. The zero-order valence-electron chi connectivity index (χ0n) is 10.3. The smallest absolute Gasteiger partial charge is 0.147 e. The third kappa shape index (κ3) is 2.86. The van der Waals surface area contributed by atoms with Crippen LogP contribution in [-0.2, 0) is 5.88 Å². The number of piperidine rings is 1. The van der Waals surface area contributed by atoms with Gasteiger partial charge in [0, 0.05) is 24.7 Å². The van der Waals surface area contributed by atoms with Gasteiger partial charge in [-0.25, -0.2) is 4.98 Å². The lowest BCUT2D eigenvalue weighted by Crippen LogP contribution is -2.40. The second kappa shape index (κ2) is 5.45. The van der Waals surface area contributed by atoms with Crippen LogP contribution in [0.25, 0.3) is 0 Å². The zero-order valence-corrected chi connectivity index (χ0v) is 11.8. The average molecular weight is 273 g/mol. The lowest BCUT2D eigenvalue weighted by Gasteiger charge is -2.37. The van der Waals surface area contributed by atoms with Crippen LogP contribution in [0.5, 0.6) is 0 Å². The summed E-state index contributed by atoms with van der Waals surface area (Å²) in [6, 6.07) is 2.42. The van der Waals surface area contributed by atoms with Gasteiger partial charge in [-0.1, -0.05) is 18.5 Å². The van der Waals surface area contributed by atoms with Crippen molar-refractivity contribution in [1.29, 1.82) is 0 Å². The van der Waals surface area contributed by atoms with Crippen molar-refractivity contribution in [2.45, 2.75) is 38.6 Å². The summed E-state index contributed by atoms with van der Waals surface area (Å²) >= 11 is 12.1. The number of rotatable bonds is 2. The molecular formula is C13H18Cl2N2. The van der Waals surface area contributed by atoms with E-state index in [2.05, 4.69) is 23.7 Å². The molecule has 0 N–H and O–H groups in total. The Bertz CT molecular complexity index is 395. The molecule has 0 spiro atoms. The van der Waals surface area contributed by atoms with E-state index in [1.807, 2.05) is 12.3 Å². The van der Waals surface area contributed by atoms with Crippen LogP contribution >= 0.6 is 23.2 Å². The summed E-state index contributed by atoms with van der Waals surface area (Å²) < 4.78 is 0. The van der Waals surface area contributed by atoms with E-state index in [-0.39, 0.29) is 0 Å². The molecule has 2 atom stereocenters. The monoisotopic (exact) mass is 272 g/mol. The Morgan fingerprint density at radius 2 is 2.24 bits per heavy atom. The number of hydrogen-bond donors (Lipinski definition) is 0. The van der Waals surface area contributed by atoms with Gasteiger partial charge in [-0.15, -0.1) is 11.6 Å². The maximum absolute atomic E-state index is 6.28. The van der Waals surface area contributed by atoms with Gasteiger partial charge in [0.05, 0.1) is 5.02 Å². The Balaban J connectivity index is 2.22. The maximum atomic E-state index is 6.28. The highest BCUT2D eigenvalue weighted by molar-refractivity contribution is 6.33. The number of halogens is 2. The molecule has 17 heavy (non-hydrogen) atoms. The van der Waals surface area contributed by atoms with Crippen LogP contribution in [-0.4, -0.2) is 17.6 Å². The van der Waals surface area contributed by atoms with Crippen LogP contribution in [0.15, 0.2) is 12.3 Å². The van der Waals surface area contributed by atoms with Crippen molar-refractivity contribution in [2.24, 2.45) is 5.92 Å². The predicted octanol–water partition coefficient (Wildman–Crippen LogP) is 4.10. The zero-order chi connectivity index (χ0) is 12.4. The van der Waals surface area contributed by atoms with E-state index in [1.54, 1.807) is 0 Å². The maximum Gasteiger partial charge on any atom is 0.147 e. The summed E-state index contributed by atoms with van der Waals surface area (Å²) in [6.45, 7) is 5.58. The second-order valence-corrected chi connectivity index (χ2v) is 5.63. The van der Waals surface area contributed by atoms with Crippen LogP contribution in [0.1, 0.15) is 32.3 Å². The molecule has 2 rings (SSSR count). The van der Waals surface area contributed by atoms with Gasteiger partial charge in [0.2, 0.25) is 0 Å². The summed E-state index contributed by atoms with van der Waals surface area (Å²) in [5.74, 6) is 2.15. The van der Waals surface area contributed by atoms with Crippen LogP contribution in [0.4, 0.5) is 5.82 Å². The van der Waals surface area contributed by atoms with Crippen molar-refractivity contribution < 1.29 is 0 Å². The second-order valence-electron chi connectivity index (χ2n) is 4.95. The fourth-order valence-electron chi connectivity index (χ4n) is 2.48. The number of aromatic nitrogens is 1. The quantitative estimate of drug-likeness (QED) is 0.754. The molecule has 1 aliphatic heterocycles. The number of hydrogen-bond acceptors (Lipinski definition) is 2. The molecule has 0 amide bonds. The lowest BCUT2D eigenvalue weighted by atomic mass is 9.93. The standard InChI is InChI=1S/C13H18Cl2N2/c1-9-3-4-17(10(2)5-9)13-12(15)6-11(7-14)8-16-13/h6,8-10H,3-5,7H2,1-2H3. The molecule has 94 valence electrons. The Labute approximate surface area is 113 Å². The number of nitrogens with zero attached hydrogens (tertiary/aromatic N) is 2. The normalized spacial score (nSPS) is 25.1. The van der Waals surface area contributed by atoms with Gasteiger partial charge in [-0.2, -0.15) is 0 Å². The first-order valence-electron chi connectivity index (χ1n) is 6.09. The van der Waals surface area contributed by atoms with E-state index >= 15 is 0 Å². The number of alkyl halides is 1. The van der Waals surface area contributed by atoms with Crippen molar-refractivity contribution in [2.75, 3.05) is 11.4 Å². The van der Waals surface area contributed by atoms with Gasteiger partial charge in [-0.3, -0.25) is 0 Å². The first-order chi connectivity index (χ1) is 8.11. The fourth-order valence-corrected chi connectivity index (χ4v) is 2.92. The minimum atomic E-state index is 0.458. The molecule has 1 fully saturated rings. The topological polar surface area (TPSA) is 16.1 Å². The van der Waals surface area contributed by atoms with E-state index < -0.39 is 0 Å². The van der Waals surface area contributed by atoms with Crippen molar-refractivity contribution in [3.63, 3.8) is 0 Å². The van der Waals surface area contributed by atoms with Gasteiger partial charge in [0.15, 0.2) is 0 Å². The Hall–Kier alpha value is -0.470. The minimum absolute atomic E-state index is 0.458. The highest BCUT2D eigenvalue weighted by Gasteiger charge is 2.25. The number of pyridine rings is 1. The van der Waals surface area contributed by atoms with E-state index in [1.165, 1.54) is 12.8 Å². The largest absolute Gasteiger partial charge is 0.353 e.